The van der Waals surface area contributed by atoms with Gasteiger partial charge in [0, 0.05) is 16.7 Å². The Morgan fingerprint density at radius 1 is 1.25 bits per heavy atom. The van der Waals surface area contributed by atoms with Gasteiger partial charge in [-0.1, -0.05) is 20.8 Å². The first-order chi connectivity index (χ1) is 6.87. The van der Waals surface area contributed by atoms with E-state index in [9.17, 15) is 4.57 Å². The molecule has 3 N–H and O–H groups in total. The van der Waals surface area contributed by atoms with E-state index in [1.807, 2.05) is 20.8 Å². The van der Waals surface area contributed by atoms with Crippen LogP contribution < -0.4 is 0 Å². The predicted octanol–water partition coefficient (Wildman–Crippen LogP) is 2.80. The summed E-state index contributed by atoms with van der Waals surface area (Å²) in [7, 11) is 0. The molecule has 0 fully saturated rings. The van der Waals surface area contributed by atoms with Gasteiger partial charge in [-0.15, -0.1) is 0 Å². The zero-order valence-electron chi connectivity index (χ0n) is 9.15. The predicted molar refractivity (Wildman–Crippen MR) is 71.0 cm³/mol. The van der Waals surface area contributed by atoms with Gasteiger partial charge in [0.25, 0.3) is 0 Å². The van der Waals surface area contributed by atoms with Gasteiger partial charge in [0.15, 0.2) is 3.42 Å². The molecule has 0 spiro atoms. The van der Waals surface area contributed by atoms with Crippen molar-refractivity contribution in [2.75, 3.05) is 13.2 Å². The van der Waals surface area contributed by atoms with Gasteiger partial charge in [0.2, 0.25) is 0 Å². The third kappa shape index (κ3) is 10.5. The maximum Gasteiger partial charge on any atom is 0.423 e. The van der Waals surface area contributed by atoms with E-state index in [4.69, 9.17) is 30.9 Å². The summed E-state index contributed by atoms with van der Waals surface area (Å²) in [5.41, 5.74) is -0.402. The molecule has 0 saturated heterocycles. The minimum Gasteiger partial charge on any atom is -0.394 e. The minimum absolute atomic E-state index is 0.125. The normalized spacial score (nSPS) is 16.1. The molecule has 0 rings (SSSR count). The van der Waals surface area contributed by atoms with Crippen molar-refractivity contribution in [2.45, 2.75) is 24.2 Å². The van der Waals surface area contributed by atoms with Gasteiger partial charge in [-0.25, -0.2) is 4.57 Å². The largest absolute Gasteiger partial charge is 0.423 e. The Kier molecular flexibility index (Phi) is 9.44. The average Bonchev–Trinajstić information content (AvgIpc) is 1.98. The fraction of sp³-hybridized carbons (Fsp3) is 1.00. The second-order valence-electron chi connectivity index (χ2n) is 3.76. The summed E-state index contributed by atoms with van der Waals surface area (Å²) >= 11 is 11.3. The van der Waals surface area contributed by atoms with Crippen molar-refractivity contribution in [1.29, 1.82) is 0 Å². The summed E-state index contributed by atoms with van der Waals surface area (Å²) in [6, 6.07) is 0. The molecular weight excluding hydrogens is 390 g/mol. The zero-order valence-corrected chi connectivity index (χ0v) is 14.0. The molecule has 0 aromatic carbocycles. The summed E-state index contributed by atoms with van der Waals surface area (Å²) in [4.78, 5) is 8.76. The van der Waals surface area contributed by atoms with Gasteiger partial charge in [-0.2, -0.15) is 0 Å². The van der Waals surface area contributed by atoms with Crippen molar-refractivity contribution in [3.8, 4) is 0 Å². The first kappa shape index (κ1) is 19.7. The standard InChI is InChI=1S/C5H10Br2ClO3P.C2H6O2/c1-4(2,3)5(6,7)11-12(8,9)10;3-1-2-4/h1-3H3,(H,9,10);3-4H,1-2H2. The Morgan fingerprint density at radius 3 is 1.62 bits per heavy atom. The van der Waals surface area contributed by atoms with Crippen molar-refractivity contribution in [1.82, 2.24) is 0 Å². The molecule has 0 aromatic heterocycles. The van der Waals surface area contributed by atoms with Gasteiger partial charge in [-0.05, 0) is 31.9 Å². The van der Waals surface area contributed by atoms with Crippen LogP contribution in [0.1, 0.15) is 20.8 Å². The van der Waals surface area contributed by atoms with Crippen LogP contribution in [0.15, 0.2) is 0 Å². The molecule has 100 valence electrons. The lowest BCUT2D eigenvalue weighted by atomic mass is 9.99. The highest BCUT2D eigenvalue weighted by molar-refractivity contribution is 9.25. The van der Waals surface area contributed by atoms with E-state index in [2.05, 4.69) is 31.9 Å². The Balaban J connectivity index is 0. The van der Waals surface area contributed by atoms with Gasteiger partial charge in [0.05, 0.1) is 13.2 Å². The highest BCUT2D eigenvalue weighted by atomic mass is 79.9. The molecule has 0 bridgehead atoms. The lowest BCUT2D eigenvalue weighted by Gasteiger charge is -2.34. The Hall–Kier alpha value is 1.32. The molecule has 0 aliphatic rings. The molecule has 1 unspecified atom stereocenters. The van der Waals surface area contributed by atoms with Crippen LogP contribution in [-0.2, 0) is 9.09 Å². The number of aliphatic hydroxyl groups is 2. The fourth-order valence-electron chi connectivity index (χ4n) is 0.278. The third-order valence-electron chi connectivity index (χ3n) is 1.20. The summed E-state index contributed by atoms with van der Waals surface area (Å²) in [5, 5.41) is 15.2. The van der Waals surface area contributed by atoms with E-state index in [1.165, 1.54) is 0 Å². The molecule has 0 aliphatic carbocycles. The minimum atomic E-state index is -4.01. The maximum absolute atomic E-state index is 10.7. The van der Waals surface area contributed by atoms with E-state index in [0.717, 1.165) is 0 Å². The lowest BCUT2D eigenvalue weighted by molar-refractivity contribution is 0.136. The van der Waals surface area contributed by atoms with Gasteiger partial charge in [0.1, 0.15) is 0 Å². The maximum atomic E-state index is 10.7. The van der Waals surface area contributed by atoms with E-state index in [-0.39, 0.29) is 13.2 Å². The van der Waals surface area contributed by atoms with Gasteiger partial charge >= 0.3 is 6.95 Å². The van der Waals surface area contributed by atoms with Crippen LogP contribution in [0.3, 0.4) is 0 Å². The summed E-state index contributed by atoms with van der Waals surface area (Å²) in [6.07, 6.45) is 0. The van der Waals surface area contributed by atoms with Crippen LogP contribution in [0.4, 0.5) is 0 Å². The molecule has 9 heteroatoms. The van der Waals surface area contributed by atoms with Crippen LogP contribution in [0.2, 0.25) is 0 Å². The van der Waals surface area contributed by atoms with Crippen LogP contribution in [0, 0.1) is 5.41 Å². The highest BCUT2D eigenvalue weighted by Gasteiger charge is 2.43. The number of hydrogen-bond donors (Lipinski definition) is 3. The zero-order chi connectivity index (χ0) is 13.6. The summed E-state index contributed by atoms with van der Waals surface area (Å²) < 4.78 is 14.3. The molecule has 0 amide bonds. The second kappa shape index (κ2) is 7.69. The van der Waals surface area contributed by atoms with Gasteiger partial charge < -0.3 is 15.1 Å². The average molecular weight is 406 g/mol. The molecule has 0 aliphatic heterocycles. The number of hydrogen-bond acceptors (Lipinski definition) is 4. The molecule has 0 radical (unpaired) electrons. The van der Waals surface area contributed by atoms with Gasteiger partial charge in [-0.3, -0.25) is 4.52 Å². The lowest BCUT2D eigenvalue weighted by Crippen LogP contribution is -2.31. The van der Waals surface area contributed by atoms with Crippen LogP contribution in [-0.4, -0.2) is 31.7 Å². The van der Waals surface area contributed by atoms with E-state index >= 15 is 0 Å². The molecule has 0 aromatic rings. The van der Waals surface area contributed by atoms with Crippen molar-refractivity contribution in [3.05, 3.63) is 0 Å². The molecule has 1 atom stereocenters. The number of aliphatic hydroxyl groups excluding tert-OH is 2. The molecule has 5 nitrogen and oxygen atoms in total. The smallest absolute Gasteiger partial charge is 0.394 e. The van der Waals surface area contributed by atoms with Crippen LogP contribution in [0.5, 0.6) is 0 Å². The van der Waals surface area contributed by atoms with E-state index in [0.29, 0.717) is 0 Å². The monoisotopic (exact) mass is 404 g/mol. The number of alkyl halides is 2. The second-order valence-corrected chi connectivity index (χ2v) is 9.42. The fourth-order valence-corrected chi connectivity index (χ4v) is 2.82. The van der Waals surface area contributed by atoms with Crippen molar-refractivity contribution >= 4 is 50.0 Å². The highest BCUT2D eigenvalue weighted by Crippen LogP contribution is 2.59. The van der Waals surface area contributed by atoms with Crippen LogP contribution in [0.25, 0.3) is 0 Å². The van der Waals surface area contributed by atoms with Crippen molar-refractivity contribution in [3.63, 3.8) is 0 Å². The SMILES string of the molecule is CC(C)(C)C(Br)(Br)OP(=O)(O)Cl.OCCO. The number of halogens is 3. The third-order valence-corrected chi connectivity index (χ3v) is 5.11. The summed E-state index contributed by atoms with van der Waals surface area (Å²) in [6.45, 7) is 1.21. The molecule has 16 heavy (non-hydrogen) atoms. The summed E-state index contributed by atoms with van der Waals surface area (Å²) in [5.74, 6) is 0. The molecule has 0 heterocycles. The first-order valence-corrected chi connectivity index (χ1v) is 8.27. The van der Waals surface area contributed by atoms with Crippen LogP contribution >= 0.6 is 50.0 Å². The Morgan fingerprint density at radius 2 is 1.56 bits per heavy atom. The van der Waals surface area contributed by atoms with E-state index in [1.54, 1.807) is 0 Å². The molecular formula is C7H16Br2ClO5P. The Bertz CT molecular complexity index is 235. The van der Waals surface area contributed by atoms with Crippen molar-refractivity contribution < 1.29 is 24.2 Å². The Labute approximate surface area is 117 Å². The number of rotatable bonds is 3. The van der Waals surface area contributed by atoms with Crippen molar-refractivity contribution in [2.24, 2.45) is 5.41 Å². The van der Waals surface area contributed by atoms with E-state index < -0.39 is 15.8 Å². The molecule has 0 saturated carbocycles. The first-order valence-electron chi connectivity index (χ1n) is 4.20. The quantitative estimate of drug-likeness (QED) is 0.496. The topological polar surface area (TPSA) is 87.0 Å².